The van der Waals surface area contributed by atoms with E-state index < -0.39 is 48.5 Å². The Morgan fingerprint density at radius 2 is 2.30 bits per heavy atom. The van der Waals surface area contributed by atoms with Gasteiger partial charge in [0, 0.05) is 12.3 Å². The number of nitrogens with zero attached hydrogens (tertiary/aromatic N) is 1. The summed E-state index contributed by atoms with van der Waals surface area (Å²) < 4.78 is 11.0. The van der Waals surface area contributed by atoms with Gasteiger partial charge in [-0.3, -0.25) is 19.8 Å². The highest BCUT2D eigenvalue weighted by atomic mass is 32.5. The van der Waals surface area contributed by atoms with Crippen molar-refractivity contribution in [2.75, 3.05) is 6.61 Å². The Morgan fingerprint density at radius 1 is 1.65 bits per heavy atom. The Morgan fingerprint density at radius 3 is 2.83 bits per heavy atom. The van der Waals surface area contributed by atoms with E-state index in [4.69, 9.17) is 21.2 Å². The summed E-state index contributed by atoms with van der Waals surface area (Å²) in [5, 5.41) is 20.6. The Hall–Kier alpha value is -1.35. The van der Waals surface area contributed by atoms with Crippen LogP contribution >= 0.6 is 6.64 Å². The van der Waals surface area contributed by atoms with Crippen LogP contribution in [-0.4, -0.2) is 49.1 Å². The molecule has 1 aliphatic rings. The number of nitrogens with one attached hydrogen (secondary N) is 1. The Balaban J connectivity index is 2.36. The topological polar surface area (TPSA) is 160 Å². The predicted molar refractivity (Wildman–Crippen MR) is 81.7 cm³/mol. The van der Waals surface area contributed by atoms with E-state index in [0.717, 1.165) is 16.8 Å². The standard InChI is InChI=1S/C11H14N3O7PS/c1-2-11(18)8(16)6(5-20-22(12,19)23)21-9(11)14-4-3-7(15)13-10(14)17/h1,3-4,6,8-9,16,18H,5H2,(H3,12,19,23)(H,13,15,17)/t6-,8-,9-,11-,22?/m1/s1. The van der Waals surface area contributed by atoms with Crippen LogP contribution in [0.4, 0.5) is 0 Å². The van der Waals surface area contributed by atoms with E-state index in [1.165, 1.54) is 0 Å². The normalized spacial score (nSPS) is 33.1. The van der Waals surface area contributed by atoms with Gasteiger partial charge in [0.1, 0.15) is 12.2 Å². The molecule has 0 spiro atoms. The second-order valence-electron chi connectivity index (χ2n) is 4.82. The lowest BCUT2D eigenvalue weighted by atomic mass is 9.95. The lowest BCUT2D eigenvalue weighted by molar-refractivity contribution is -0.0754. The van der Waals surface area contributed by atoms with Gasteiger partial charge in [-0.25, -0.2) is 4.79 Å². The first-order chi connectivity index (χ1) is 10.6. The number of hydrogen-bond donors (Lipinski definition) is 5. The van der Waals surface area contributed by atoms with E-state index in [1.54, 1.807) is 0 Å². The smallest absolute Gasteiger partial charge is 0.330 e. The molecule has 1 saturated heterocycles. The molecule has 0 aliphatic carbocycles. The van der Waals surface area contributed by atoms with Crippen LogP contribution in [0.25, 0.3) is 0 Å². The third-order valence-electron chi connectivity index (χ3n) is 3.24. The molecule has 12 heteroatoms. The molecule has 126 valence electrons. The van der Waals surface area contributed by atoms with Crippen molar-refractivity contribution in [1.29, 1.82) is 0 Å². The maximum atomic E-state index is 11.8. The predicted octanol–water partition coefficient (Wildman–Crippen LogP) is -2.65. The maximum absolute atomic E-state index is 11.8. The number of terminal acetylenes is 1. The molecule has 2 heterocycles. The number of rotatable bonds is 4. The van der Waals surface area contributed by atoms with Crippen molar-refractivity contribution in [3.63, 3.8) is 0 Å². The molecule has 0 radical (unpaired) electrons. The fourth-order valence-electron chi connectivity index (χ4n) is 2.13. The summed E-state index contributed by atoms with van der Waals surface area (Å²) >= 11 is 4.49. The summed E-state index contributed by atoms with van der Waals surface area (Å²) in [7, 11) is 0. The van der Waals surface area contributed by atoms with Crippen LogP contribution in [-0.2, 0) is 21.1 Å². The summed E-state index contributed by atoms with van der Waals surface area (Å²) in [6.45, 7) is -3.96. The van der Waals surface area contributed by atoms with Crippen LogP contribution in [0.5, 0.6) is 0 Å². The van der Waals surface area contributed by atoms with Gasteiger partial charge in [-0.1, -0.05) is 5.92 Å². The zero-order valence-corrected chi connectivity index (χ0v) is 13.2. The first kappa shape index (κ1) is 18.0. The molecule has 6 N–H and O–H groups in total. The molecule has 1 aromatic heterocycles. The summed E-state index contributed by atoms with van der Waals surface area (Å²) in [5.74, 6) is 1.97. The minimum atomic E-state index is -3.51. The molecular formula is C11H14N3O7PS. The zero-order valence-electron chi connectivity index (χ0n) is 11.5. The molecule has 23 heavy (non-hydrogen) atoms. The molecule has 2 rings (SSSR count). The van der Waals surface area contributed by atoms with Crippen LogP contribution in [0.2, 0.25) is 0 Å². The van der Waals surface area contributed by atoms with E-state index in [1.807, 2.05) is 10.9 Å². The van der Waals surface area contributed by atoms with E-state index in [0.29, 0.717) is 0 Å². The number of aliphatic hydroxyl groups excluding tert-OH is 1. The van der Waals surface area contributed by atoms with Crippen molar-refractivity contribution < 1.29 is 24.4 Å². The number of hydrogen-bond acceptors (Lipinski definition) is 7. The van der Waals surface area contributed by atoms with Crippen molar-refractivity contribution in [1.82, 2.24) is 9.55 Å². The molecule has 1 fully saturated rings. The van der Waals surface area contributed by atoms with Crippen LogP contribution < -0.4 is 16.8 Å². The molecule has 10 nitrogen and oxygen atoms in total. The molecule has 0 bridgehead atoms. The maximum Gasteiger partial charge on any atom is 0.330 e. The second kappa shape index (κ2) is 6.27. The summed E-state index contributed by atoms with van der Waals surface area (Å²) in [4.78, 5) is 34.2. The minimum Gasteiger partial charge on any atom is -0.386 e. The van der Waals surface area contributed by atoms with Crippen molar-refractivity contribution in [3.8, 4) is 12.3 Å². The van der Waals surface area contributed by atoms with E-state index in [9.17, 15) is 24.7 Å². The monoisotopic (exact) mass is 363 g/mol. The number of H-pyrrole nitrogens is 1. The van der Waals surface area contributed by atoms with Crippen LogP contribution in [0.1, 0.15) is 6.23 Å². The third kappa shape index (κ3) is 3.60. The van der Waals surface area contributed by atoms with Crippen molar-refractivity contribution >= 4 is 18.4 Å². The zero-order chi connectivity index (χ0) is 17.4. The lowest BCUT2D eigenvalue weighted by Gasteiger charge is -2.26. The molecule has 1 aliphatic heterocycles. The van der Waals surface area contributed by atoms with Gasteiger partial charge in [-0.05, 0) is 11.8 Å². The Bertz CT molecular complexity index is 796. The fraction of sp³-hybridized carbons (Fsp3) is 0.455. The quantitative estimate of drug-likeness (QED) is 0.284. The highest BCUT2D eigenvalue weighted by Gasteiger charge is 2.56. The van der Waals surface area contributed by atoms with Crippen LogP contribution in [0, 0.1) is 12.3 Å². The Labute approximate surface area is 134 Å². The highest BCUT2D eigenvalue weighted by molar-refractivity contribution is 8.08. The number of nitrogens with two attached hydrogens (primary N) is 1. The third-order valence-corrected chi connectivity index (χ3v) is 4.08. The van der Waals surface area contributed by atoms with Gasteiger partial charge in [-0.15, -0.1) is 6.42 Å². The highest BCUT2D eigenvalue weighted by Crippen LogP contribution is 2.40. The van der Waals surface area contributed by atoms with Gasteiger partial charge >= 0.3 is 5.69 Å². The number of ether oxygens (including phenoxy) is 1. The number of aromatic amines is 1. The molecule has 0 amide bonds. The van der Waals surface area contributed by atoms with Crippen LogP contribution in [0.15, 0.2) is 21.9 Å². The first-order valence-corrected chi connectivity index (χ1v) is 8.94. The SMILES string of the molecule is C#C[C@@]1(O)[C@H](O)[C@@H](COP(N)(O)=S)O[C@H]1n1ccc(=O)[nH]c1=O. The van der Waals surface area contributed by atoms with E-state index >= 15 is 0 Å². The molecule has 0 aromatic carbocycles. The molecule has 1 aromatic rings. The van der Waals surface area contributed by atoms with Crippen molar-refractivity contribution in [2.24, 2.45) is 5.50 Å². The number of aliphatic hydroxyl groups is 2. The van der Waals surface area contributed by atoms with Crippen molar-refractivity contribution in [2.45, 2.75) is 24.0 Å². The van der Waals surface area contributed by atoms with Gasteiger partial charge in [-0.2, -0.15) is 0 Å². The van der Waals surface area contributed by atoms with Gasteiger partial charge in [0.15, 0.2) is 11.8 Å². The second-order valence-corrected chi connectivity index (χ2v) is 7.77. The fourth-order valence-corrected chi connectivity index (χ4v) is 2.67. The first-order valence-electron chi connectivity index (χ1n) is 6.19. The van der Waals surface area contributed by atoms with E-state index in [2.05, 4.69) is 11.8 Å². The van der Waals surface area contributed by atoms with Gasteiger partial charge in [0.2, 0.25) is 0 Å². The Kier molecular flexibility index (Phi) is 4.91. The summed E-state index contributed by atoms with van der Waals surface area (Å²) in [6, 6.07) is 1.02. The average Bonchev–Trinajstić information content (AvgIpc) is 2.70. The largest absolute Gasteiger partial charge is 0.386 e. The van der Waals surface area contributed by atoms with Gasteiger partial charge < -0.3 is 24.4 Å². The summed E-state index contributed by atoms with van der Waals surface area (Å²) in [6.07, 6.45) is 1.96. The summed E-state index contributed by atoms with van der Waals surface area (Å²) in [5.41, 5.74) is 1.35. The van der Waals surface area contributed by atoms with Crippen LogP contribution in [0.3, 0.4) is 0 Å². The molecule has 0 saturated carbocycles. The molecule has 1 unspecified atom stereocenters. The van der Waals surface area contributed by atoms with Gasteiger partial charge in [0.05, 0.1) is 6.61 Å². The average molecular weight is 363 g/mol. The van der Waals surface area contributed by atoms with Crippen molar-refractivity contribution in [3.05, 3.63) is 33.1 Å². The molecular weight excluding hydrogens is 349 g/mol. The van der Waals surface area contributed by atoms with Gasteiger partial charge in [0.25, 0.3) is 12.2 Å². The lowest BCUT2D eigenvalue weighted by Crippen LogP contribution is -2.48. The minimum absolute atomic E-state index is 0.454. The number of aromatic nitrogens is 2. The molecule has 5 atom stereocenters. The van der Waals surface area contributed by atoms with E-state index in [-0.39, 0.29) is 0 Å².